The third-order valence-electron chi connectivity index (χ3n) is 3.88. The van der Waals surface area contributed by atoms with Gasteiger partial charge in [-0.1, -0.05) is 23.7 Å². The molecule has 0 saturated carbocycles. The van der Waals surface area contributed by atoms with E-state index < -0.39 is 12.6 Å². The van der Waals surface area contributed by atoms with Gasteiger partial charge in [0.1, 0.15) is 0 Å². The van der Waals surface area contributed by atoms with Crippen molar-refractivity contribution in [3.63, 3.8) is 0 Å². The number of benzene rings is 2. The maximum Gasteiger partial charge on any atom is 0.387 e. The summed E-state index contributed by atoms with van der Waals surface area (Å²) >= 11 is 5.87. The monoisotopic (exact) mass is 384 g/mol. The van der Waals surface area contributed by atoms with E-state index in [1.807, 2.05) is 19.1 Å². The molecule has 0 aliphatic carbocycles. The Morgan fingerprint density at radius 2 is 1.81 bits per heavy atom. The van der Waals surface area contributed by atoms with E-state index in [-0.39, 0.29) is 17.5 Å². The van der Waals surface area contributed by atoms with Gasteiger partial charge in [0.2, 0.25) is 0 Å². The number of carbonyl (C=O) groups is 1. The number of carbonyl (C=O) groups excluding carboxylic acids is 1. The third-order valence-corrected chi connectivity index (χ3v) is 4.14. The molecule has 0 unspecified atom stereocenters. The molecule has 1 atom stereocenters. The largest absolute Gasteiger partial charge is 0.493 e. The van der Waals surface area contributed by atoms with Crippen LogP contribution in [0.4, 0.5) is 19.3 Å². The van der Waals surface area contributed by atoms with Crippen LogP contribution < -0.4 is 14.8 Å². The molecule has 140 valence electrons. The van der Waals surface area contributed by atoms with Crippen molar-refractivity contribution < 1.29 is 23.0 Å². The van der Waals surface area contributed by atoms with Gasteiger partial charge in [0.25, 0.3) is 0 Å². The Hall–Kier alpha value is -2.54. The molecule has 2 aromatic rings. The number of anilines is 1. The first-order chi connectivity index (χ1) is 12.3. The van der Waals surface area contributed by atoms with Crippen LogP contribution in [0.5, 0.6) is 11.5 Å². The van der Waals surface area contributed by atoms with Crippen LogP contribution in [-0.4, -0.2) is 31.7 Å². The van der Waals surface area contributed by atoms with Gasteiger partial charge in [-0.2, -0.15) is 8.78 Å². The number of ether oxygens (including phenoxy) is 2. The van der Waals surface area contributed by atoms with E-state index in [0.717, 1.165) is 5.56 Å². The lowest BCUT2D eigenvalue weighted by molar-refractivity contribution is -0.0511. The number of hydrogen-bond acceptors (Lipinski definition) is 3. The second kappa shape index (κ2) is 8.71. The van der Waals surface area contributed by atoms with Gasteiger partial charge >= 0.3 is 12.6 Å². The molecule has 0 bridgehead atoms. The van der Waals surface area contributed by atoms with Crippen molar-refractivity contribution in [1.82, 2.24) is 4.90 Å². The molecule has 8 heteroatoms. The van der Waals surface area contributed by atoms with Crippen LogP contribution in [-0.2, 0) is 0 Å². The fourth-order valence-corrected chi connectivity index (χ4v) is 2.42. The van der Waals surface area contributed by atoms with E-state index in [9.17, 15) is 13.6 Å². The number of hydrogen-bond donors (Lipinski definition) is 1. The second-order valence-electron chi connectivity index (χ2n) is 5.51. The highest BCUT2D eigenvalue weighted by molar-refractivity contribution is 6.30. The summed E-state index contributed by atoms with van der Waals surface area (Å²) in [6.45, 7) is -1.13. The zero-order valence-corrected chi connectivity index (χ0v) is 15.3. The molecular formula is C18H19ClF2N2O3. The van der Waals surface area contributed by atoms with Crippen molar-refractivity contribution in [2.75, 3.05) is 19.5 Å². The fourth-order valence-electron chi connectivity index (χ4n) is 2.29. The predicted octanol–water partition coefficient (Wildman–Crippen LogP) is 5.17. The van der Waals surface area contributed by atoms with E-state index in [1.165, 1.54) is 30.2 Å². The molecule has 0 fully saturated rings. The lowest BCUT2D eigenvalue weighted by Gasteiger charge is -2.26. The molecule has 1 N–H and O–H groups in total. The number of amides is 2. The van der Waals surface area contributed by atoms with Crippen LogP contribution in [0.1, 0.15) is 18.5 Å². The Labute approximate surface area is 155 Å². The molecule has 26 heavy (non-hydrogen) atoms. The molecule has 0 spiro atoms. The summed E-state index contributed by atoms with van der Waals surface area (Å²) in [5.74, 6) is -0.0140. The number of halogens is 3. The Bertz CT molecular complexity index is 757. The van der Waals surface area contributed by atoms with Crippen molar-refractivity contribution in [3.05, 3.63) is 53.1 Å². The zero-order valence-electron chi connectivity index (χ0n) is 14.5. The van der Waals surface area contributed by atoms with Crippen LogP contribution in [0.2, 0.25) is 5.02 Å². The molecule has 2 aromatic carbocycles. The van der Waals surface area contributed by atoms with Crippen LogP contribution in [0, 0.1) is 0 Å². The average Bonchev–Trinajstić information content (AvgIpc) is 2.61. The zero-order chi connectivity index (χ0) is 19.3. The summed E-state index contributed by atoms with van der Waals surface area (Å²) < 4.78 is 34.4. The first-order valence-corrected chi connectivity index (χ1v) is 8.11. The van der Waals surface area contributed by atoms with Crippen molar-refractivity contribution in [1.29, 1.82) is 0 Å². The highest BCUT2D eigenvalue weighted by Crippen LogP contribution is 2.32. The number of methoxy groups -OCH3 is 1. The normalized spacial score (nSPS) is 11.8. The molecule has 2 rings (SSSR count). The minimum atomic E-state index is -3.00. The van der Waals surface area contributed by atoms with Gasteiger partial charge in [0.05, 0.1) is 13.2 Å². The van der Waals surface area contributed by atoms with Gasteiger partial charge in [0.15, 0.2) is 11.5 Å². The molecule has 0 aliphatic heterocycles. The highest BCUT2D eigenvalue weighted by atomic mass is 35.5. The SMILES string of the molecule is COc1ccc(NC(=O)N(C)[C@H](C)c2ccc(Cl)cc2)cc1OC(F)F. The summed E-state index contributed by atoms with van der Waals surface area (Å²) in [5.41, 5.74) is 1.21. The first kappa shape index (κ1) is 19.8. The molecule has 0 aromatic heterocycles. The standard InChI is InChI=1S/C18H19ClF2N2O3/c1-11(12-4-6-13(19)7-5-12)23(2)18(24)22-14-8-9-15(25-3)16(10-14)26-17(20)21/h4-11,17H,1-3H3,(H,22,24)/t11-/m1/s1. The predicted molar refractivity (Wildman–Crippen MR) is 96.3 cm³/mol. The quantitative estimate of drug-likeness (QED) is 0.747. The molecule has 0 radical (unpaired) electrons. The Morgan fingerprint density at radius 3 is 2.38 bits per heavy atom. The summed E-state index contributed by atoms with van der Waals surface area (Å²) in [5, 5.41) is 3.26. The summed E-state index contributed by atoms with van der Waals surface area (Å²) in [7, 11) is 2.97. The van der Waals surface area contributed by atoms with Gasteiger partial charge in [-0.3, -0.25) is 0 Å². The van der Waals surface area contributed by atoms with Crippen LogP contribution in [0.3, 0.4) is 0 Å². The maximum atomic E-state index is 12.5. The van der Waals surface area contributed by atoms with Gasteiger partial charge < -0.3 is 19.7 Å². The number of urea groups is 1. The lowest BCUT2D eigenvalue weighted by atomic mass is 10.1. The fraction of sp³-hybridized carbons (Fsp3) is 0.278. The van der Waals surface area contributed by atoms with Gasteiger partial charge in [-0.25, -0.2) is 4.79 Å². The third kappa shape index (κ3) is 4.98. The van der Waals surface area contributed by atoms with Crippen molar-refractivity contribution in [2.45, 2.75) is 19.6 Å². The molecule has 5 nitrogen and oxygen atoms in total. The lowest BCUT2D eigenvalue weighted by Crippen LogP contribution is -2.33. The minimum absolute atomic E-state index is 0.145. The average molecular weight is 385 g/mol. The van der Waals surface area contributed by atoms with E-state index in [4.69, 9.17) is 16.3 Å². The molecule has 0 saturated heterocycles. The van der Waals surface area contributed by atoms with Gasteiger partial charge in [-0.15, -0.1) is 0 Å². The first-order valence-electron chi connectivity index (χ1n) is 7.74. The van der Waals surface area contributed by atoms with Gasteiger partial charge in [-0.05, 0) is 36.8 Å². The summed E-state index contributed by atoms with van der Waals surface area (Å²) in [6, 6.07) is 10.8. The smallest absolute Gasteiger partial charge is 0.387 e. The van der Waals surface area contributed by atoms with Crippen LogP contribution >= 0.6 is 11.6 Å². The van der Waals surface area contributed by atoms with E-state index >= 15 is 0 Å². The van der Waals surface area contributed by atoms with E-state index in [2.05, 4.69) is 10.1 Å². The number of nitrogens with zero attached hydrogens (tertiary/aromatic N) is 1. The topological polar surface area (TPSA) is 50.8 Å². The van der Waals surface area contributed by atoms with E-state index in [0.29, 0.717) is 10.7 Å². The maximum absolute atomic E-state index is 12.5. The Morgan fingerprint density at radius 1 is 1.15 bits per heavy atom. The van der Waals surface area contributed by atoms with Gasteiger partial charge in [0, 0.05) is 23.8 Å². The van der Waals surface area contributed by atoms with Crippen LogP contribution in [0.25, 0.3) is 0 Å². The van der Waals surface area contributed by atoms with Crippen LogP contribution in [0.15, 0.2) is 42.5 Å². The van der Waals surface area contributed by atoms with E-state index in [1.54, 1.807) is 19.2 Å². The van der Waals surface area contributed by atoms with Crippen molar-refractivity contribution in [3.8, 4) is 11.5 Å². The molecular weight excluding hydrogens is 366 g/mol. The number of rotatable bonds is 6. The minimum Gasteiger partial charge on any atom is -0.493 e. The van der Waals surface area contributed by atoms with Crippen molar-refractivity contribution in [2.24, 2.45) is 0 Å². The van der Waals surface area contributed by atoms with Crippen molar-refractivity contribution >= 4 is 23.3 Å². The molecule has 2 amide bonds. The second-order valence-corrected chi connectivity index (χ2v) is 5.95. The summed E-state index contributed by atoms with van der Waals surface area (Å²) in [4.78, 5) is 13.9. The summed E-state index contributed by atoms with van der Waals surface area (Å²) in [6.07, 6.45) is 0. The highest BCUT2D eigenvalue weighted by Gasteiger charge is 2.18. The Balaban J connectivity index is 2.11. The molecule has 0 aliphatic rings. The Kier molecular flexibility index (Phi) is 6.63. The number of alkyl halides is 2. The molecule has 0 heterocycles. The number of nitrogens with one attached hydrogen (secondary N) is 1.